The van der Waals surface area contributed by atoms with Gasteiger partial charge < -0.3 is 29.7 Å². The van der Waals surface area contributed by atoms with Crippen LogP contribution < -0.4 is 10.2 Å². The molecule has 2 aromatic rings. The number of aryl methyl sites for hydroxylation is 1. The molecule has 2 fully saturated rings. The van der Waals surface area contributed by atoms with Crippen LogP contribution in [0.15, 0.2) is 18.5 Å². The molecule has 2 N–H and O–H groups in total. The topological polar surface area (TPSA) is 126 Å². The normalized spacial score (nSPS) is 20.6. The molecule has 13 heteroatoms. The standard InChI is InChI=1S/C21H27F2N7O4/c1-14-24-9-15(10-25-14)16-8-18(27-19(26-16)29-4-6-33-7-5-29)28-21(13-31)2-3-30(12-21)20(32)34-11-17(22)23/h8-10,17,31H,2-7,11-13H2,1H3,(H,26,27,28)/t21-/m0/s1. The number of ether oxygens (including phenoxy) is 2. The zero-order valence-electron chi connectivity index (χ0n) is 18.8. The Morgan fingerprint density at radius 1 is 1.26 bits per heavy atom. The molecule has 2 saturated heterocycles. The van der Waals surface area contributed by atoms with Crippen LogP contribution in [0.4, 0.5) is 25.3 Å². The van der Waals surface area contributed by atoms with E-state index in [9.17, 15) is 18.7 Å². The number of aliphatic hydroxyl groups is 1. The van der Waals surface area contributed by atoms with Gasteiger partial charge in [0, 0.05) is 50.2 Å². The predicted octanol–water partition coefficient (Wildman–Crippen LogP) is 1.33. The minimum atomic E-state index is -2.74. The van der Waals surface area contributed by atoms with Crippen molar-refractivity contribution in [3.63, 3.8) is 0 Å². The van der Waals surface area contributed by atoms with Crippen LogP contribution in [0.1, 0.15) is 12.2 Å². The molecule has 0 spiro atoms. The predicted molar refractivity (Wildman–Crippen MR) is 118 cm³/mol. The van der Waals surface area contributed by atoms with Crippen LogP contribution in [0.3, 0.4) is 0 Å². The number of alkyl halides is 2. The number of rotatable bonds is 7. The first-order chi connectivity index (χ1) is 16.4. The molecule has 0 unspecified atom stereocenters. The number of anilines is 2. The first-order valence-electron chi connectivity index (χ1n) is 11.0. The third-order valence-electron chi connectivity index (χ3n) is 5.73. The molecular formula is C21H27F2N7O4. The van der Waals surface area contributed by atoms with Gasteiger partial charge >= 0.3 is 6.09 Å². The van der Waals surface area contributed by atoms with Gasteiger partial charge in [0.25, 0.3) is 6.43 Å². The first-order valence-corrected chi connectivity index (χ1v) is 11.0. The number of amides is 1. The molecule has 1 atom stereocenters. The van der Waals surface area contributed by atoms with E-state index >= 15 is 0 Å². The van der Waals surface area contributed by atoms with Gasteiger partial charge in [0.1, 0.15) is 11.6 Å². The van der Waals surface area contributed by atoms with Crippen molar-refractivity contribution in [2.45, 2.75) is 25.3 Å². The average Bonchev–Trinajstić information content (AvgIpc) is 3.28. The van der Waals surface area contributed by atoms with Gasteiger partial charge in [0.05, 0.1) is 31.1 Å². The van der Waals surface area contributed by atoms with Gasteiger partial charge in [-0.25, -0.2) is 28.5 Å². The highest BCUT2D eigenvalue weighted by atomic mass is 19.3. The Morgan fingerprint density at radius 3 is 2.68 bits per heavy atom. The summed E-state index contributed by atoms with van der Waals surface area (Å²) in [4.78, 5) is 33.3. The maximum absolute atomic E-state index is 12.4. The van der Waals surface area contributed by atoms with Crippen molar-refractivity contribution in [1.29, 1.82) is 0 Å². The lowest BCUT2D eigenvalue weighted by Crippen LogP contribution is -2.46. The highest BCUT2D eigenvalue weighted by molar-refractivity contribution is 5.69. The van der Waals surface area contributed by atoms with E-state index in [0.717, 1.165) is 0 Å². The summed E-state index contributed by atoms with van der Waals surface area (Å²) in [5, 5.41) is 13.4. The summed E-state index contributed by atoms with van der Waals surface area (Å²) in [5.41, 5.74) is 0.382. The molecule has 184 valence electrons. The SMILES string of the molecule is Cc1ncc(-c2cc(N[C@@]3(CO)CCN(C(=O)OCC(F)F)C3)nc(N3CCOCC3)n2)cn1. The Balaban J connectivity index is 1.58. The molecular weight excluding hydrogens is 452 g/mol. The lowest BCUT2D eigenvalue weighted by Gasteiger charge is -2.31. The van der Waals surface area contributed by atoms with Gasteiger partial charge in [0.15, 0.2) is 6.61 Å². The molecule has 4 heterocycles. The van der Waals surface area contributed by atoms with Gasteiger partial charge in [-0.1, -0.05) is 0 Å². The fraction of sp³-hybridized carbons (Fsp3) is 0.571. The maximum Gasteiger partial charge on any atom is 0.410 e. The van der Waals surface area contributed by atoms with Crippen LogP contribution in [-0.4, -0.2) is 101 Å². The lowest BCUT2D eigenvalue weighted by molar-refractivity contribution is 0.0339. The summed E-state index contributed by atoms with van der Waals surface area (Å²) in [6.45, 7) is 3.21. The van der Waals surface area contributed by atoms with Gasteiger partial charge in [-0.3, -0.25) is 0 Å². The van der Waals surface area contributed by atoms with Gasteiger partial charge in [-0.2, -0.15) is 4.98 Å². The van der Waals surface area contributed by atoms with Crippen molar-refractivity contribution in [1.82, 2.24) is 24.8 Å². The molecule has 0 saturated carbocycles. The molecule has 2 aromatic heterocycles. The van der Waals surface area contributed by atoms with Crippen molar-refractivity contribution in [3.8, 4) is 11.3 Å². The van der Waals surface area contributed by atoms with Crippen LogP contribution in [0.25, 0.3) is 11.3 Å². The minimum absolute atomic E-state index is 0.0748. The number of nitrogens with one attached hydrogen (secondary N) is 1. The highest BCUT2D eigenvalue weighted by Gasteiger charge is 2.41. The Bertz CT molecular complexity index is 992. The number of carbonyl (C=O) groups is 1. The Morgan fingerprint density at radius 2 is 2.00 bits per heavy atom. The highest BCUT2D eigenvalue weighted by Crippen LogP contribution is 2.29. The number of aromatic nitrogens is 4. The van der Waals surface area contributed by atoms with E-state index in [-0.39, 0.29) is 19.7 Å². The van der Waals surface area contributed by atoms with E-state index in [4.69, 9.17) is 4.74 Å². The fourth-order valence-corrected chi connectivity index (χ4v) is 3.87. The van der Waals surface area contributed by atoms with E-state index in [2.05, 4.69) is 30.0 Å². The van der Waals surface area contributed by atoms with Crippen LogP contribution >= 0.6 is 0 Å². The van der Waals surface area contributed by atoms with Crippen LogP contribution in [0.5, 0.6) is 0 Å². The quantitative estimate of drug-likeness (QED) is 0.601. The lowest BCUT2D eigenvalue weighted by atomic mass is 10.00. The van der Waals surface area contributed by atoms with Gasteiger partial charge in [0.2, 0.25) is 5.95 Å². The molecule has 1 amide bonds. The number of carbonyl (C=O) groups excluding carboxylic acids is 1. The fourth-order valence-electron chi connectivity index (χ4n) is 3.87. The number of hydrogen-bond acceptors (Lipinski definition) is 10. The van der Waals surface area contributed by atoms with Crippen LogP contribution in [0, 0.1) is 6.92 Å². The monoisotopic (exact) mass is 479 g/mol. The maximum atomic E-state index is 12.4. The molecule has 34 heavy (non-hydrogen) atoms. The van der Waals surface area contributed by atoms with E-state index < -0.39 is 24.7 Å². The number of halogens is 2. The second kappa shape index (κ2) is 10.4. The summed E-state index contributed by atoms with van der Waals surface area (Å²) in [7, 11) is 0. The second-order valence-corrected chi connectivity index (χ2v) is 8.26. The number of nitrogens with zero attached hydrogens (tertiary/aromatic N) is 6. The summed E-state index contributed by atoms with van der Waals surface area (Å²) in [6.07, 6.45) is 0.154. The summed E-state index contributed by atoms with van der Waals surface area (Å²) >= 11 is 0. The third-order valence-corrected chi connectivity index (χ3v) is 5.73. The Kier molecular flexibility index (Phi) is 7.32. The van der Waals surface area contributed by atoms with Crippen molar-refractivity contribution in [3.05, 3.63) is 24.3 Å². The third kappa shape index (κ3) is 5.65. The van der Waals surface area contributed by atoms with Crippen LogP contribution in [0.2, 0.25) is 0 Å². The molecule has 4 rings (SSSR count). The molecule has 11 nitrogen and oxygen atoms in total. The van der Waals surface area contributed by atoms with Crippen molar-refractivity contribution >= 4 is 17.9 Å². The Labute approximate surface area is 195 Å². The molecule has 2 aliphatic rings. The number of morpholine rings is 1. The summed E-state index contributed by atoms with van der Waals surface area (Å²) in [5.74, 6) is 1.57. The van der Waals surface area contributed by atoms with Crippen molar-refractivity contribution in [2.75, 3.05) is 62.8 Å². The summed E-state index contributed by atoms with van der Waals surface area (Å²) < 4.78 is 34.8. The van der Waals surface area contributed by atoms with Crippen molar-refractivity contribution < 1.29 is 28.2 Å². The first kappa shape index (κ1) is 24.0. The van der Waals surface area contributed by atoms with E-state index in [1.807, 2.05) is 4.90 Å². The number of hydrogen-bond donors (Lipinski definition) is 2. The largest absolute Gasteiger partial charge is 0.443 e. The number of aliphatic hydroxyl groups excluding tert-OH is 1. The zero-order valence-corrected chi connectivity index (χ0v) is 18.8. The molecule has 2 aliphatic heterocycles. The van der Waals surface area contributed by atoms with Gasteiger partial charge in [-0.15, -0.1) is 0 Å². The van der Waals surface area contributed by atoms with Gasteiger partial charge in [-0.05, 0) is 13.3 Å². The van der Waals surface area contributed by atoms with Crippen LogP contribution in [-0.2, 0) is 9.47 Å². The molecule has 0 aliphatic carbocycles. The molecule has 0 radical (unpaired) electrons. The zero-order chi connectivity index (χ0) is 24.1. The molecule has 0 aromatic carbocycles. The molecule has 0 bridgehead atoms. The Hall–Kier alpha value is -3.19. The summed E-state index contributed by atoms with van der Waals surface area (Å²) in [6, 6.07) is 1.73. The minimum Gasteiger partial charge on any atom is -0.443 e. The van der Waals surface area contributed by atoms with E-state index in [1.165, 1.54) is 4.90 Å². The number of likely N-dealkylation sites (tertiary alicyclic amines) is 1. The van der Waals surface area contributed by atoms with Crippen molar-refractivity contribution in [2.24, 2.45) is 0 Å². The second-order valence-electron chi connectivity index (χ2n) is 8.26. The van der Waals surface area contributed by atoms with E-state index in [1.54, 1.807) is 25.4 Å². The van der Waals surface area contributed by atoms with E-state index in [0.29, 0.717) is 61.6 Å². The smallest absolute Gasteiger partial charge is 0.410 e. The average molecular weight is 479 g/mol.